The van der Waals surface area contributed by atoms with Crippen LogP contribution in [0.15, 0.2) is 42.7 Å². The van der Waals surface area contributed by atoms with Gasteiger partial charge in [-0.05, 0) is 30.7 Å². The largest absolute Gasteiger partial charge is 0.497 e. The van der Waals surface area contributed by atoms with Gasteiger partial charge in [0, 0.05) is 12.4 Å². The summed E-state index contributed by atoms with van der Waals surface area (Å²) in [4.78, 5) is 16.0. The minimum absolute atomic E-state index is 0.135. The summed E-state index contributed by atoms with van der Waals surface area (Å²) in [5, 5.41) is 3.27. The lowest BCUT2D eigenvalue weighted by atomic mass is 10.1. The molecule has 0 aliphatic carbocycles. The summed E-state index contributed by atoms with van der Waals surface area (Å²) in [6.07, 6.45) is 3.00. The SMILES string of the molecule is COc1ccc(C(C)NC(=O)c2cnccc2Cl)cc1. The summed E-state index contributed by atoms with van der Waals surface area (Å²) in [6.45, 7) is 1.91. The third kappa shape index (κ3) is 3.27. The Labute approximate surface area is 122 Å². The summed E-state index contributed by atoms with van der Waals surface area (Å²) in [5.41, 5.74) is 1.36. The van der Waals surface area contributed by atoms with E-state index in [4.69, 9.17) is 16.3 Å². The molecule has 1 aromatic carbocycles. The molecule has 1 aromatic heterocycles. The van der Waals surface area contributed by atoms with Gasteiger partial charge in [-0.2, -0.15) is 0 Å². The molecule has 1 atom stereocenters. The van der Waals surface area contributed by atoms with Crippen molar-refractivity contribution >= 4 is 17.5 Å². The number of hydrogen-bond acceptors (Lipinski definition) is 3. The number of ether oxygens (including phenoxy) is 1. The second-order valence-electron chi connectivity index (χ2n) is 4.32. The van der Waals surface area contributed by atoms with Crippen LogP contribution < -0.4 is 10.1 Å². The van der Waals surface area contributed by atoms with E-state index in [-0.39, 0.29) is 11.9 Å². The molecule has 2 rings (SSSR count). The minimum atomic E-state index is -0.244. The number of amides is 1. The number of benzene rings is 1. The lowest BCUT2D eigenvalue weighted by Gasteiger charge is -2.15. The summed E-state index contributed by atoms with van der Waals surface area (Å²) < 4.78 is 5.10. The highest BCUT2D eigenvalue weighted by molar-refractivity contribution is 6.33. The molecule has 0 aliphatic rings. The molecular weight excluding hydrogens is 276 g/mol. The highest BCUT2D eigenvalue weighted by Gasteiger charge is 2.14. The zero-order valence-electron chi connectivity index (χ0n) is 11.3. The van der Waals surface area contributed by atoms with Gasteiger partial charge in [0.2, 0.25) is 0 Å². The maximum absolute atomic E-state index is 12.1. The lowest BCUT2D eigenvalue weighted by molar-refractivity contribution is 0.0939. The second kappa shape index (κ2) is 6.39. The molecule has 1 N–H and O–H groups in total. The first-order valence-electron chi connectivity index (χ1n) is 6.16. The standard InChI is InChI=1S/C15H15ClN2O2/c1-10(11-3-5-12(20-2)6-4-11)18-15(19)13-9-17-8-7-14(13)16/h3-10H,1-2H3,(H,18,19). The summed E-state index contributed by atoms with van der Waals surface area (Å²) in [6, 6.07) is 8.99. The van der Waals surface area contributed by atoms with Crippen LogP contribution in [-0.4, -0.2) is 18.0 Å². The Balaban J connectivity index is 2.09. The van der Waals surface area contributed by atoms with E-state index in [0.29, 0.717) is 10.6 Å². The monoisotopic (exact) mass is 290 g/mol. The van der Waals surface area contributed by atoms with Crippen molar-refractivity contribution < 1.29 is 9.53 Å². The van der Waals surface area contributed by atoms with Gasteiger partial charge in [0.15, 0.2) is 0 Å². The molecule has 20 heavy (non-hydrogen) atoms. The van der Waals surface area contributed by atoms with Gasteiger partial charge in [-0.3, -0.25) is 9.78 Å². The van der Waals surface area contributed by atoms with E-state index < -0.39 is 0 Å². The minimum Gasteiger partial charge on any atom is -0.497 e. The van der Waals surface area contributed by atoms with Gasteiger partial charge >= 0.3 is 0 Å². The van der Waals surface area contributed by atoms with Gasteiger partial charge < -0.3 is 10.1 Å². The van der Waals surface area contributed by atoms with E-state index in [1.807, 2.05) is 31.2 Å². The van der Waals surface area contributed by atoms with Crippen LogP contribution in [0.4, 0.5) is 0 Å². The Kier molecular flexibility index (Phi) is 4.58. The number of aromatic nitrogens is 1. The van der Waals surface area contributed by atoms with Crippen molar-refractivity contribution in [1.82, 2.24) is 10.3 Å². The molecule has 0 saturated heterocycles. The molecule has 1 heterocycles. The molecule has 0 radical (unpaired) electrons. The van der Waals surface area contributed by atoms with Gasteiger partial charge in [0.05, 0.1) is 23.7 Å². The number of carbonyl (C=O) groups is 1. The van der Waals surface area contributed by atoms with E-state index in [1.165, 1.54) is 6.20 Å². The number of carbonyl (C=O) groups excluding carboxylic acids is 1. The van der Waals surface area contributed by atoms with Crippen LogP contribution in [0.3, 0.4) is 0 Å². The van der Waals surface area contributed by atoms with Crippen molar-refractivity contribution in [2.45, 2.75) is 13.0 Å². The fourth-order valence-corrected chi connectivity index (χ4v) is 1.99. The summed E-state index contributed by atoms with van der Waals surface area (Å²) in [5.74, 6) is 0.536. The molecule has 0 spiro atoms. The molecule has 0 aliphatic heterocycles. The second-order valence-corrected chi connectivity index (χ2v) is 4.73. The smallest absolute Gasteiger partial charge is 0.254 e. The van der Waals surface area contributed by atoms with Crippen molar-refractivity contribution in [1.29, 1.82) is 0 Å². The van der Waals surface area contributed by atoms with Crippen LogP contribution in [0, 0.1) is 0 Å². The molecule has 1 amide bonds. The van der Waals surface area contributed by atoms with Crippen LogP contribution in [-0.2, 0) is 0 Å². The Bertz CT molecular complexity index is 599. The fourth-order valence-electron chi connectivity index (χ4n) is 1.79. The first-order valence-corrected chi connectivity index (χ1v) is 6.54. The maximum Gasteiger partial charge on any atom is 0.254 e. The first kappa shape index (κ1) is 14.3. The number of methoxy groups -OCH3 is 1. The van der Waals surface area contributed by atoms with Crippen LogP contribution in [0.25, 0.3) is 0 Å². The Hall–Kier alpha value is -2.07. The van der Waals surface area contributed by atoms with Gasteiger partial charge in [-0.1, -0.05) is 23.7 Å². The average Bonchev–Trinajstić information content (AvgIpc) is 2.47. The number of halogens is 1. The molecule has 0 saturated carbocycles. The number of rotatable bonds is 4. The zero-order chi connectivity index (χ0) is 14.5. The summed E-state index contributed by atoms with van der Waals surface area (Å²) in [7, 11) is 1.62. The van der Waals surface area contributed by atoms with Crippen molar-refractivity contribution in [3.8, 4) is 5.75 Å². The third-order valence-electron chi connectivity index (χ3n) is 2.98. The van der Waals surface area contributed by atoms with Crippen molar-refractivity contribution in [3.63, 3.8) is 0 Å². The van der Waals surface area contributed by atoms with Gasteiger partial charge in [0.1, 0.15) is 5.75 Å². The third-order valence-corrected chi connectivity index (χ3v) is 3.31. The number of pyridine rings is 1. The first-order chi connectivity index (χ1) is 9.61. The Morgan fingerprint density at radius 2 is 2.00 bits per heavy atom. The normalized spacial score (nSPS) is 11.8. The highest BCUT2D eigenvalue weighted by Crippen LogP contribution is 2.19. The Morgan fingerprint density at radius 1 is 1.30 bits per heavy atom. The zero-order valence-corrected chi connectivity index (χ0v) is 12.0. The number of nitrogens with zero attached hydrogens (tertiary/aromatic N) is 1. The van der Waals surface area contributed by atoms with Gasteiger partial charge in [-0.15, -0.1) is 0 Å². The van der Waals surface area contributed by atoms with Crippen LogP contribution in [0.2, 0.25) is 5.02 Å². The van der Waals surface area contributed by atoms with E-state index in [2.05, 4.69) is 10.3 Å². The van der Waals surface area contributed by atoms with Crippen molar-refractivity contribution in [3.05, 3.63) is 58.9 Å². The van der Waals surface area contributed by atoms with Gasteiger partial charge in [-0.25, -0.2) is 0 Å². The summed E-state index contributed by atoms with van der Waals surface area (Å²) >= 11 is 5.97. The van der Waals surface area contributed by atoms with Crippen LogP contribution >= 0.6 is 11.6 Å². The van der Waals surface area contributed by atoms with E-state index in [0.717, 1.165) is 11.3 Å². The van der Waals surface area contributed by atoms with E-state index >= 15 is 0 Å². The number of nitrogens with one attached hydrogen (secondary N) is 1. The lowest BCUT2D eigenvalue weighted by Crippen LogP contribution is -2.27. The van der Waals surface area contributed by atoms with E-state index in [9.17, 15) is 4.79 Å². The van der Waals surface area contributed by atoms with Crippen LogP contribution in [0.1, 0.15) is 28.9 Å². The molecule has 4 nitrogen and oxygen atoms in total. The van der Waals surface area contributed by atoms with Crippen LogP contribution in [0.5, 0.6) is 5.75 Å². The molecule has 0 fully saturated rings. The molecule has 0 bridgehead atoms. The fraction of sp³-hybridized carbons (Fsp3) is 0.200. The quantitative estimate of drug-likeness (QED) is 0.940. The predicted octanol–water partition coefficient (Wildman–Crippen LogP) is 3.23. The average molecular weight is 291 g/mol. The molecule has 104 valence electrons. The predicted molar refractivity (Wildman–Crippen MR) is 78.1 cm³/mol. The number of hydrogen-bond donors (Lipinski definition) is 1. The van der Waals surface area contributed by atoms with E-state index in [1.54, 1.807) is 19.4 Å². The van der Waals surface area contributed by atoms with Crippen molar-refractivity contribution in [2.24, 2.45) is 0 Å². The van der Waals surface area contributed by atoms with Crippen molar-refractivity contribution in [2.75, 3.05) is 7.11 Å². The van der Waals surface area contributed by atoms with Gasteiger partial charge in [0.25, 0.3) is 5.91 Å². The molecule has 1 unspecified atom stereocenters. The molecule has 5 heteroatoms. The highest BCUT2D eigenvalue weighted by atomic mass is 35.5. The molecular formula is C15H15ClN2O2. The maximum atomic E-state index is 12.1. The topological polar surface area (TPSA) is 51.2 Å². The Morgan fingerprint density at radius 3 is 2.60 bits per heavy atom. The molecule has 2 aromatic rings.